The summed E-state index contributed by atoms with van der Waals surface area (Å²) in [4.78, 5) is 31.8. The van der Waals surface area contributed by atoms with Crippen molar-refractivity contribution < 1.29 is 18.7 Å². The van der Waals surface area contributed by atoms with Crippen LogP contribution in [-0.2, 0) is 24.3 Å². The van der Waals surface area contributed by atoms with Gasteiger partial charge in [0.15, 0.2) is 5.76 Å². The summed E-state index contributed by atoms with van der Waals surface area (Å²) in [6, 6.07) is 14.1. The van der Waals surface area contributed by atoms with Crippen molar-refractivity contribution in [2.75, 3.05) is 7.11 Å². The maximum Gasteiger partial charge on any atom is 0.290 e. The lowest BCUT2D eigenvalue weighted by Crippen LogP contribution is -2.52. The van der Waals surface area contributed by atoms with E-state index in [9.17, 15) is 9.59 Å². The number of benzene rings is 1. The Balaban J connectivity index is 1.56. The third kappa shape index (κ3) is 3.85. The van der Waals surface area contributed by atoms with Gasteiger partial charge in [-0.1, -0.05) is 30.3 Å². The monoisotopic (exact) mass is 391 g/mol. The lowest BCUT2D eigenvalue weighted by Gasteiger charge is -2.35. The summed E-state index contributed by atoms with van der Waals surface area (Å²) in [6.45, 7) is 0.612. The maximum absolute atomic E-state index is 13.1. The summed E-state index contributed by atoms with van der Waals surface area (Å²) in [7, 11) is 1.54. The van der Waals surface area contributed by atoms with E-state index in [1.54, 1.807) is 29.3 Å². The number of carbonyl (C=O) groups excluding carboxylic acids is 2. The SMILES string of the molecule is COc1ncccc1CNC(=O)C1Cc2ccccc2CN1C(=O)c1ccco1. The van der Waals surface area contributed by atoms with Crippen molar-refractivity contribution in [1.29, 1.82) is 0 Å². The van der Waals surface area contributed by atoms with Crippen LogP contribution in [0.2, 0.25) is 0 Å². The quantitative estimate of drug-likeness (QED) is 0.723. The van der Waals surface area contributed by atoms with E-state index in [2.05, 4.69) is 10.3 Å². The third-order valence-corrected chi connectivity index (χ3v) is 5.04. The molecule has 7 heteroatoms. The van der Waals surface area contributed by atoms with E-state index >= 15 is 0 Å². The molecule has 1 aliphatic heterocycles. The Morgan fingerprint density at radius 1 is 1.17 bits per heavy atom. The first-order valence-corrected chi connectivity index (χ1v) is 9.34. The zero-order chi connectivity index (χ0) is 20.2. The van der Waals surface area contributed by atoms with Gasteiger partial charge in [0.1, 0.15) is 6.04 Å². The van der Waals surface area contributed by atoms with Crippen molar-refractivity contribution in [2.45, 2.75) is 25.6 Å². The fourth-order valence-corrected chi connectivity index (χ4v) is 3.56. The second kappa shape index (κ2) is 8.18. The molecule has 2 amide bonds. The Kier molecular flexibility index (Phi) is 5.29. The maximum atomic E-state index is 13.1. The van der Waals surface area contributed by atoms with Gasteiger partial charge in [-0.05, 0) is 29.3 Å². The van der Waals surface area contributed by atoms with Crippen molar-refractivity contribution >= 4 is 11.8 Å². The Labute approximate surface area is 168 Å². The molecule has 148 valence electrons. The van der Waals surface area contributed by atoms with E-state index in [0.717, 1.165) is 16.7 Å². The van der Waals surface area contributed by atoms with Crippen molar-refractivity contribution in [2.24, 2.45) is 0 Å². The normalized spacial score (nSPS) is 15.5. The number of ether oxygens (including phenoxy) is 1. The highest BCUT2D eigenvalue weighted by molar-refractivity contribution is 5.96. The average molecular weight is 391 g/mol. The molecule has 0 saturated heterocycles. The van der Waals surface area contributed by atoms with E-state index in [1.165, 1.54) is 13.4 Å². The van der Waals surface area contributed by atoms with Gasteiger partial charge in [-0.3, -0.25) is 9.59 Å². The molecule has 3 heterocycles. The zero-order valence-electron chi connectivity index (χ0n) is 16.0. The van der Waals surface area contributed by atoms with Gasteiger partial charge in [0.05, 0.1) is 13.4 Å². The molecule has 2 aromatic heterocycles. The molecule has 7 nitrogen and oxygen atoms in total. The van der Waals surface area contributed by atoms with Gasteiger partial charge in [-0.25, -0.2) is 4.98 Å². The van der Waals surface area contributed by atoms with Gasteiger partial charge in [-0.15, -0.1) is 0 Å². The fraction of sp³-hybridized carbons (Fsp3) is 0.227. The predicted octanol–water partition coefficient (Wildman–Crippen LogP) is 2.57. The molecular formula is C22H21N3O4. The summed E-state index contributed by atoms with van der Waals surface area (Å²) >= 11 is 0. The third-order valence-electron chi connectivity index (χ3n) is 5.04. The Hall–Kier alpha value is -3.61. The van der Waals surface area contributed by atoms with Gasteiger partial charge in [0.25, 0.3) is 5.91 Å². The van der Waals surface area contributed by atoms with Gasteiger partial charge < -0.3 is 19.4 Å². The molecule has 1 atom stereocenters. The molecule has 1 aliphatic rings. The molecule has 0 radical (unpaired) electrons. The largest absolute Gasteiger partial charge is 0.481 e. The number of pyridine rings is 1. The van der Waals surface area contributed by atoms with Crippen molar-refractivity contribution in [3.05, 3.63) is 83.4 Å². The van der Waals surface area contributed by atoms with Gasteiger partial charge in [0.2, 0.25) is 11.8 Å². The lowest BCUT2D eigenvalue weighted by atomic mass is 9.93. The van der Waals surface area contributed by atoms with E-state index in [-0.39, 0.29) is 24.1 Å². The first-order valence-electron chi connectivity index (χ1n) is 9.34. The van der Waals surface area contributed by atoms with Gasteiger partial charge in [0, 0.05) is 31.3 Å². The van der Waals surface area contributed by atoms with Crippen LogP contribution in [0.25, 0.3) is 0 Å². The number of carbonyl (C=O) groups is 2. The van der Waals surface area contributed by atoms with Crippen LogP contribution in [0.5, 0.6) is 5.88 Å². The summed E-state index contributed by atoms with van der Waals surface area (Å²) in [6.07, 6.45) is 3.53. The van der Waals surface area contributed by atoms with Crippen molar-refractivity contribution in [1.82, 2.24) is 15.2 Å². The first kappa shape index (κ1) is 18.7. The lowest BCUT2D eigenvalue weighted by molar-refractivity contribution is -0.126. The van der Waals surface area contributed by atoms with Crippen LogP contribution < -0.4 is 10.1 Å². The minimum atomic E-state index is -0.634. The van der Waals surface area contributed by atoms with Crippen LogP contribution in [0.1, 0.15) is 27.2 Å². The summed E-state index contributed by atoms with van der Waals surface area (Å²) in [5.74, 6) is 0.148. The van der Waals surface area contributed by atoms with Crippen molar-refractivity contribution in [3.8, 4) is 5.88 Å². The number of rotatable bonds is 5. The second-order valence-electron chi connectivity index (χ2n) is 6.79. The summed E-state index contributed by atoms with van der Waals surface area (Å²) in [5.41, 5.74) is 2.86. The number of aromatic nitrogens is 1. The van der Waals surface area contributed by atoms with E-state index < -0.39 is 6.04 Å². The Morgan fingerprint density at radius 2 is 2.00 bits per heavy atom. The van der Waals surface area contributed by atoms with Crippen LogP contribution in [0.15, 0.2) is 65.4 Å². The number of nitrogens with zero attached hydrogens (tertiary/aromatic N) is 2. The van der Waals surface area contributed by atoms with E-state index in [1.807, 2.05) is 30.3 Å². The minimum Gasteiger partial charge on any atom is -0.481 e. The van der Waals surface area contributed by atoms with Crippen molar-refractivity contribution in [3.63, 3.8) is 0 Å². The highest BCUT2D eigenvalue weighted by Crippen LogP contribution is 2.25. The molecule has 4 rings (SSSR count). The number of hydrogen-bond acceptors (Lipinski definition) is 5. The number of furan rings is 1. The second-order valence-corrected chi connectivity index (χ2v) is 6.79. The van der Waals surface area contributed by atoms with Crippen LogP contribution >= 0.6 is 0 Å². The molecule has 0 spiro atoms. The minimum absolute atomic E-state index is 0.219. The van der Waals surface area contributed by atoms with Gasteiger partial charge >= 0.3 is 0 Å². The van der Waals surface area contributed by atoms with Gasteiger partial charge in [-0.2, -0.15) is 0 Å². The molecule has 0 fully saturated rings. The highest BCUT2D eigenvalue weighted by atomic mass is 16.5. The molecule has 1 aromatic carbocycles. The molecule has 0 saturated carbocycles. The zero-order valence-corrected chi connectivity index (χ0v) is 16.0. The average Bonchev–Trinajstić information content (AvgIpc) is 3.31. The van der Waals surface area contributed by atoms with Crippen LogP contribution in [0, 0.1) is 0 Å². The molecular weight excluding hydrogens is 370 g/mol. The summed E-state index contributed by atoms with van der Waals surface area (Å²) in [5, 5.41) is 2.92. The number of amides is 2. The molecule has 29 heavy (non-hydrogen) atoms. The standard InChI is InChI=1S/C22H21N3O4/c1-28-21-16(8-4-10-23-21)13-24-20(26)18-12-15-6-2-3-7-17(15)14-25(18)22(27)19-9-5-11-29-19/h2-11,18H,12-14H2,1H3,(H,24,26). The number of nitrogens with one attached hydrogen (secondary N) is 1. The fourth-order valence-electron chi connectivity index (χ4n) is 3.56. The van der Waals surface area contributed by atoms with Crippen LogP contribution in [0.3, 0.4) is 0 Å². The predicted molar refractivity (Wildman–Crippen MR) is 105 cm³/mol. The number of fused-ring (bicyclic) bond motifs is 1. The van der Waals surface area contributed by atoms with E-state index in [0.29, 0.717) is 18.8 Å². The molecule has 1 N–H and O–H groups in total. The molecule has 1 unspecified atom stereocenters. The Bertz CT molecular complexity index is 1020. The van der Waals surface area contributed by atoms with Crippen LogP contribution in [0.4, 0.5) is 0 Å². The smallest absolute Gasteiger partial charge is 0.290 e. The number of hydrogen-bond donors (Lipinski definition) is 1. The topological polar surface area (TPSA) is 84.7 Å². The number of methoxy groups -OCH3 is 1. The Morgan fingerprint density at radius 3 is 2.76 bits per heavy atom. The van der Waals surface area contributed by atoms with Crippen LogP contribution in [-0.4, -0.2) is 34.8 Å². The highest BCUT2D eigenvalue weighted by Gasteiger charge is 2.35. The molecule has 0 bridgehead atoms. The molecule has 0 aliphatic carbocycles. The first-order chi connectivity index (χ1) is 14.2. The summed E-state index contributed by atoms with van der Waals surface area (Å²) < 4.78 is 10.5. The van der Waals surface area contributed by atoms with E-state index in [4.69, 9.17) is 9.15 Å². The molecule has 3 aromatic rings.